The van der Waals surface area contributed by atoms with Crippen molar-refractivity contribution in [2.24, 2.45) is 0 Å². The standard InChI is InChI=1S/C29H26F6N2O4/c30-28(31,32)22-9-4-20(5-10-22)6-13-26-36-24(18-40-26)16-38-14-2-1-3-15-39-17-25-19-41-27(37-25)21-7-11-23(12-8-21)29(33,34)35/h4-13,18-19H,1-3,14-17H2/b13-6+. The van der Waals surface area contributed by atoms with Crippen molar-refractivity contribution in [1.82, 2.24) is 9.97 Å². The first-order chi connectivity index (χ1) is 19.6. The Morgan fingerprint density at radius 2 is 1.17 bits per heavy atom. The summed E-state index contributed by atoms with van der Waals surface area (Å²) in [6, 6.07) is 9.36. The van der Waals surface area contributed by atoms with Crippen LogP contribution in [0.5, 0.6) is 0 Å². The fourth-order valence-corrected chi connectivity index (χ4v) is 3.66. The van der Waals surface area contributed by atoms with Crippen LogP contribution in [-0.2, 0) is 35.0 Å². The maximum atomic E-state index is 12.7. The van der Waals surface area contributed by atoms with Gasteiger partial charge in [0, 0.05) is 24.9 Å². The largest absolute Gasteiger partial charge is 0.445 e. The zero-order valence-corrected chi connectivity index (χ0v) is 21.7. The number of hydrogen-bond acceptors (Lipinski definition) is 6. The molecule has 0 atom stereocenters. The Morgan fingerprint density at radius 3 is 1.76 bits per heavy atom. The molecule has 0 unspecified atom stereocenters. The minimum absolute atomic E-state index is 0.225. The molecule has 0 bridgehead atoms. The number of halogens is 6. The molecule has 12 heteroatoms. The minimum Gasteiger partial charge on any atom is -0.445 e. The molecular formula is C29H26F6N2O4. The molecule has 0 amide bonds. The van der Waals surface area contributed by atoms with Crippen molar-refractivity contribution < 1.29 is 44.7 Å². The van der Waals surface area contributed by atoms with Crippen molar-refractivity contribution in [3.63, 3.8) is 0 Å². The van der Waals surface area contributed by atoms with Crippen LogP contribution >= 0.6 is 0 Å². The van der Waals surface area contributed by atoms with E-state index in [-0.39, 0.29) is 19.1 Å². The Kier molecular flexibility index (Phi) is 10.0. The first kappa shape index (κ1) is 30.1. The zero-order valence-electron chi connectivity index (χ0n) is 21.7. The lowest BCUT2D eigenvalue weighted by atomic mass is 10.1. The van der Waals surface area contributed by atoms with Gasteiger partial charge >= 0.3 is 12.4 Å². The van der Waals surface area contributed by atoms with Gasteiger partial charge in [0.05, 0.1) is 24.3 Å². The van der Waals surface area contributed by atoms with Gasteiger partial charge < -0.3 is 18.3 Å². The summed E-state index contributed by atoms with van der Waals surface area (Å²) in [6.07, 6.45) is -0.226. The molecule has 0 radical (unpaired) electrons. The van der Waals surface area contributed by atoms with Crippen LogP contribution in [0.2, 0.25) is 0 Å². The van der Waals surface area contributed by atoms with Crippen molar-refractivity contribution >= 4 is 12.2 Å². The Hall–Kier alpha value is -3.90. The van der Waals surface area contributed by atoms with Crippen LogP contribution in [0.1, 0.15) is 53.2 Å². The third-order valence-corrected chi connectivity index (χ3v) is 5.81. The number of aromatic nitrogens is 2. The number of alkyl halides is 6. The predicted octanol–water partition coefficient (Wildman–Crippen LogP) is 8.44. The molecule has 218 valence electrons. The van der Waals surface area contributed by atoms with E-state index in [4.69, 9.17) is 18.3 Å². The monoisotopic (exact) mass is 580 g/mol. The molecule has 0 saturated heterocycles. The third kappa shape index (κ3) is 9.32. The Balaban J connectivity index is 1.06. The molecule has 6 nitrogen and oxygen atoms in total. The van der Waals surface area contributed by atoms with Gasteiger partial charge in [0.15, 0.2) is 0 Å². The van der Waals surface area contributed by atoms with E-state index in [9.17, 15) is 26.3 Å². The van der Waals surface area contributed by atoms with E-state index in [1.807, 2.05) is 0 Å². The second kappa shape index (κ2) is 13.6. The van der Waals surface area contributed by atoms with Crippen LogP contribution in [0, 0.1) is 0 Å². The van der Waals surface area contributed by atoms with Gasteiger partial charge in [-0.15, -0.1) is 0 Å². The van der Waals surface area contributed by atoms with Crippen LogP contribution in [0.3, 0.4) is 0 Å². The molecule has 2 aromatic heterocycles. The van der Waals surface area contributed by atoms with Gasteiger partial charge in [-0.2, -0.15) is 26.3 Å². The first-order valence-electron chi connectivity index (χ1n) is 12.7. The Bertz CT molecular complexity index is 1390. The molecule has 4 rings (SSSR count). The minimum atomic E-state index is -4.40. The van der Waals surface area contributed by atoms with E-state index in [2.05, 4.69) is 9.97 Å². The van der Waals surface area contributed by atoms with E-state index in [1.54, 1.807) is 12.2 Å². The molecule has 2 heterocycles. The van der Waals surface area contributed by atoms with E-state index in [0.29, 0.717) is 41.6 Å². The van der Waals surface area contributed by atoms with Crippen molar-refractivity contribution in [2.45, 2.75) is 44.8 Å². The van der Waals surface area contributed by atoms with Crippen LogP contribution in [0.25, 0.3) is 23.6 Å². The SMILES string of the molecule is FC(F)(F)c1ccc(/C=C/c2nc(COCCCCCOCc3coc(-c4ccc(C(F)(F)F)cc4)n3)co2)cc1. The summed E-state index contributed by atoms with van der Waals surface area (Å²) in [5, 5.41) is 0. The van der Waals surface area contributed by atoms with Crippen LogP contribution in [0.15, 0.2) is 69.9 Å². The zero-order chi connectivity index (χ0) is 29.3. The number of unbranched alkanes of at least 4 members (excludes halogenated alkanes) is 2. The van der Waals surface area contributed by atoms with Gasteiger partial charge in [0.2, 0.25) is 11.8 Å². The van der Waals surface area contributed by atoms with Gasteiger partial charge in [0.1, 0.15) is 23.9 Å². The maximum absolute atomic E-state index is 12.7. The predicted molar refractivity (Wildman–Crippen MR) is 137 cm³/mol. The van der Waals surface area contributed by atoms with E-state index in [1.165, 1.54) is 36.8 Å². The summed E-state index contributed by atoms with van der Waals surface area (Å²) in [5.74, 6) is 0.545. The number of hydrogen-bond donors (Lipinski definition) is 0. The lowest BCUT2D eigenvalue weighted by Gasteiger charge is -2.06. The van der Waals surface area contributed by atoms with Crippen molar-refractivity contribution in [3.05, 3.63) is 95.0 Å². The molecule has 41 heavy (non-hydrogen) atoms. The molecule has 0 N–H and O–H groups in total. The highest BCUT2D eigenvalue weighted by atomic mass is 19.4. The average Bonchev–Trinajstić information content (AvgIpc) is 3.60. The molecule has 0 aliphatic carbocycles. The van der Waals surface area contributed by atoms with Gasteiger partial charge in [-0.3, -0.25) is 0 Å². The normalized spacial score (nSPS) is 12.4. The van der Waals surface area contributed by atoms with Gasteiger partial charge in [0.25, 0.3) is 0 Å². The van der Waals surface area contributed by atoms with Crippen LogP contribution < -0.4 is 0 Å². The molecule has 4 aromatic rings. The summed E-state index contributed by atoms with van der Waals surface area (Å²) in [5.41, 5.74) is 0.731. The topological polar surface area (TPSA) is 70.5 Å². The lowest BCUT2D eigenvalue weighted by Crippen LogP contribution is -2.04. The number of benzene rings is 2. The summed E-state index contributed by atoms with van der Waals surface area (Å²) >= 11 is 0. The number of nitrogens with zero attached hydrogens (tertiary/aromatic N) is 2. The third-order valence-electron chi connectivity index (χ3n) is 5.81. The summed E-state index contributed by atoms with van der Waals surface area (Å²) in [7, 11) is 0. The van der Waals surface area contributed by atoms with E-state index < -0.39 is 23.5 Å². The first-order valence-corrected chi connectivity index (χ1v) is 12.7. The fraction of sp³-hybridized carbons (Fsp3) is 0.310. The molecule has 0 aliphatic rings. The van der Waals surface area contributed by atoms with E-state index in [0.717, 1.165) is 43.5 Å². The second-order valence-corrected chi connectivity index (χ2v) is 9.02. The fourth-order valence-electron chi connectivity index (χ4n) is 3.66. The quantitative estimate of drug-likeness (QED) is 0.117. The van der Waals surface area contributed by atoms with Gasteiger partial charge in [-0.1, -0.05) is 12.1 Å². The lowest BCUT2D eigenvalue weighted by molar-refractivity contribution is -0.138. The van der Waals surface area contributed by atoms with Crippen molar-refractivity contribution in [2.75, 3.05) is 13.2 Å². The smallest absolute Gasteiger partial charge is 0.416 e. The highest BCUT2D eigenvalue weighted by Gasteiger charge is 2.30. The molecule has 0 spiro atoms. The van der Waals surface area contributed by atoms with E-state index >= 15 is 0 Å². The van der Waals surface area contributed by atoms with Crippen molar-refractivity contribution in [3.8, 4) is 11.5 Å². The highest BCUT2D eigenvalue weighted by Crippen LogP contribution is 2.31. The van der Waals surface area contributed by atoms with Gasteiger partial charge in [-0.05, 0) is 67.3 Å². The summed E-state index contributed by atoms with van der Waals surface area (Å²) in [4.78, 5) is 8.52. The summed E-state index contributed by atoms with van der Waals surface area (Å²) in [6.45, 7) is 1.51. The molecule has 0 fully saturated rings. The van der Waals surface area contributed by atoms with Crippen molar-refractivity contribution in [1.29, 1.82) is 0 Å². The molecule has 2 aromatic carbocycles. The number of ether oxygens (including phenoxy) is 2. The van der Waals surface area contributed by atoms with Gasteiger partial charge in [-0.25, -0.2) is 9.97 Å². The molecule has 0 saturated carbocycles. The molecule has 0 aliphatic heterocycles. The van der Waals surface area contributed by atoms with Crippen LogP contribution in [0.4, 0.5) is 26.3 Å². The summed E-state index contributed by atoms with van der Waals surface area (Å²) < 4.78 is 97.9. The maximum Gasteiger partial charge on any atom is 0.416 e. The highest BCUT2D eigenvalue weighted by molar-refractivity contribution is 5.66. The van der Waals surface area contributed by atoms with Crippen LogP contribution in [-0.4, -0.2) is 23.2 Å². The number of rotatable bonds is 13. The Labute approximate surface area is 231 Å². The number of oxazole rings is 2. The Morgan fingerprint density at radius 1 is 0.634 bits per heavy atom. The average molecular weight is 581 g/mol. The molecular weight excluding hydrogens is 554 g/mol. The second-order valence-electron chi connectivity index (χ2n) is 9.02.